The quantitative estimate of drug-likeness (QED) is 0.254. The topological polar surface area (TPSA) is 18.5 Å². The van der Waals surface area contributed by atoms with Gasteiger partial charge in [-0.15, -0.1) is 0 Å². The predicted octanol–water partition coefficient (Wildman–Crippen LogP) is 7.35. The van der Waals surface area contributed by atoms with E-state index in [2.05, 4.69) is 38.1 Å². The number of hydrogen-bond donors (Lipinski definition) is 0. The summed E-state index contributed by atoms with van der Waals surface area (Å²) in [5.74, 6) is 1.01. The van der Waals surface area contributed by atoms with Gasteiger partial charge in [0.25, 0.3) is 0 Å². The molecule has 0 spiro atoms. The van der Waals surface area contributed by atoms with Gasteiger partial charge in [0.1, 0.15) is 5.75 Å². The zero-order valence-corrected chi connectivity index (χ0v) is 17.4. The van der Waals surface area contributed by atoms with Gasteiger partial charge in [-0.2, -0.15) is 0 Å². The van der Waals surface area contributed by atoms with Crippen LogP contribution in [0.4, 0.5) is 0 Å². The van der Waals surface area contributed by atoms with Crippen LogP contribution in [0.1, 0.15) is 96.5 Å². The van der Waals surface area contributed by atoms with Crippen molar-refractivity contribution in [3.8, 4) is 5.75 Å². The van der Waals surface area contributed by atoms with E-state index in [0.717, 1.165) is 32.0 Å². The minimum Gasteiger partial charge on any atom is -0.494 e. The summed E-state index contributed by atoms with van der Waals surface area (Å²) in [5.41, 5.74) is 1.43. The predicted molar refractivity (Wildman–Crippen MR) is 113 cm³/mol. The van der Waals surface area contributed by atoms with Crippen LogP contribution in [0.5, 0.6) is 5.75 Å². The van der Waals surface area contributed by atoms with Crippen LogP contribution >= 0.6 is 0 Å². The molecule has 0 aliphatic heterocycles. The first kappa shape index (κ1) is 23.0. The second-order valence-electron chi connectivity index (χ2n) is 7.39. The standard InChI is InChI=1S/C24H42O2/c1-3-5-7-11-15-23-16-18-24(19-17-23)26-22-14-10-9-13-21-25-20-12-8-6-4-2/h16-19H,3-15,20-22H2,1-2H3. The number of hydrogen-bond acceptors (Lipinski definition) is 2. The molecule has 2 nitrogen and oxygen atoms in total. The van der Waals surface area contributed by atoms with Crippen molar-refractivity contribution in [1.82, 2.24) is 0 Å². The number of rotatable bonds is 18. The fourth-order valence-electron chi connectivity index (χ4n) is 3.09. The number of ether oxygens (including phenoxy) is 2. The van der Waals surface area contributed by atoms with Crippen molar-refractivity contribution in [3.05, 3.63) is 29.8 Å². The normalized spacial score (nSPS) is 11.0. The van der Waals surface area contributed by atoms with Gasteiger partial charge < -0.3 is 9.47 Å². The van der Waals surface area contributed by atoms with Crippen LogP contribution in [0.3, 0.4) is 0 Å². The van der Waals surface area contributed by atoms with E-state index in [1.54, 1.807) is 0 Å². The van der Waals surface area contributed by atoms with E-state index in [4.69, 9.17) is 9.47 Å². The summed E-state index contributed by atoms with van der Waals surface area (Å²) in [6, 6.07) is 8.70. The Labute approximate surface area is 162 Å². The number of aryl methyl sites for hydroxylation is 1. The van der Waals surface area contributed by atoms with Crippen LogP contribution in [0.25, 0.3) is 0 Å². The molecule has 2 heteroatoms. The molecule has 0 heterocycles. The molecule has 0 aliphatic rings. The maximum Gasteiger partial charge on any atom is 0.119 e. The molecule has 0 radical (unpaired) electrons. The summed E-state index contributed by atoms with van der Waals surface area (Å²) in [6.07, 6.45) is 16.5. The molecule has 150 valence electrons. The highest BCUT2D eigenvalue weighted by Gasteiger charge is 1.97. The first-order chi connectivity index (χ1) is 12.9. The van der Waals surface area contributed by atoms with Gasteiger partial charge in [-0.1, -0.05) is 70.9 Å². The third-order valence-electron chi connectivity index (χ3n) is 4.84. The fourth-order valence-corrected chi connectivity index (χ4v) is 3.09. The molecule has 0 N–H and O–H groups in total. The Kier molecular flexibility index (Phi) is 15.4. The van der Waals surface area contributed by atoms with Gasteiger partial charge in [0.2, 0.25) is 0 Å². The molecular weight excluding hydrogens is 320 g/mol. The maximum absolute atomic E-state index is 5.86. The molecule has 0 saturated heterocycles. The van der Waals surface area contributed by atoms with Gasteiger partial charge >= 0.3 is 0 Å². The van der Waals surface area contributed by atoms with E-state index in [1.165, 1.54) is 82.6 Å². The van der Waals surface area contributed by atoms with Crippen molar-refractivity contribution in [1.29, 1.82) is 0 Å². The Balaban J connectivity index is 1.91. The van der Waals surface area contributed by atoms with Crippen molar-refractivity contribution in [2.24, 2.45) is 0 Å². The molecule has 0 aliphatic carbocycles. The van der Waals surface area contributed by atoms with Crippen molar-refractivity contribution in [2.45, 2.75) is 97.3 Å². The van der Waals surface area contributed by atoms with Gasteiger partial charge in [0.05, 0.1) is 6.61 Å². The van der Waals surface area contributed by atoms with Crippen molar-refractivity contribution in [2.75, 3.05) is 19.8 Å². The number of unbranched alkanes of at least 4 members (excludes halogenated alkanes) is 9. The fraction of sp³-hybridized carbons (Fsp3) is 0.750. The maximum atomic E-state index is 5.86. The first-order valence-electron chi connectivity index (χ1n) is 11.2. The molecule has 0 aromatic heterocycles. The molecular formula is C24H42O2. The minimum absolute atomic E-state index is 0.827. The Morgan fingerprint density at radius 3 is 1.73 bits per heavy atom. The lowest BCUT2D eigenvalue weighted by atomic mass is 10.1. The summed E-state index contributed by atoms with van der Waals surface area (Å²) in [7, 11) is 0. The summed E-state index contributed by atoms with van der Waals surface area (Å²) >= 11 is 0. The van der Waals surface area contributed by atoms with E-state index in [1.807, 2.05) is 0 Å². The second-order valence-corrected chi connectivity index (χ2v) is 7.39. The van der Waals surface area contributed by atoms with E-state index in [-0.39, 0.29) is 0 Å². The van der Waals surface area contributed by atoms with Gasteiger partial charge in [0.15, 0.2) is 0 Å². The largest absolute Gasteiger partial charge is 0.494 e. The Bertz CT molecular complexity index is 399. The molecule has 1 aromatic carbocycles. The summed E-state index contributed by atoms with van der Waals surface area (Å²) in [5, 5.41) is 0. The van der Waals surface area contributed by atoms with Gasteiger partial charge in [0, 0.05) is 13.2 Å². The Morgan fingerprint density at radius 2 is 1.12 bits per heavy atom. The van der Waals surface area contributed by atoms with E-state index in [0.29, 0.717) is 0 Å². The lowest BCUT2D eigenvalue weighted by Crippen LogP contribution is -1.99. The lowest BCUT2D eigenvalue weighted by molar-refractivity contribution is 0.125. The van der Waals surface area contributed by atoms with Gasteiger partial charge in [-0.25, -0.2) is 0 Å². The van der Waals surface area contributed by atoms with Gasteiger partial charge in [-0.05, 0) is 56.2 Å². The van der Waals surface area contributed by atoms with E-state index in [9.17, 15) is 0 Å². The number of benzene rings is 1. The van der Waals surface area contributed by atoms with Crippen LogP contribution < -0.4 is 4.74 Å². The molecule has 0 atom stereocenters. The zero-order chi connectivity index (χ0) is 18.7. The average molecular weight is 363 g/mol. The van der Waals surface area contributed by atoms with Crippen molar-refractivity contribution in [3.63, 3.8) is 0 Å². The Hall–Kier alpha value is -1.02. The SMILES string of the molecule is CCCCCCOCCCCCCOc1ccc(CCCCCC)cc1. The monoisotopic (exact) mass is 362 g/mol. The molecule has 0 amide bonds. The van der Waals surface area contributed by atoms with Crippen molar-refractivity contribution < 1.29 is 9.47 Å². The lowest BCUT2D eigenvalue weighted by Gasteiger charge is -2.08. The molecule has 1 aromatic rings. The highest BCUT2D eigenvalue weighted by Crippen LogP contribution is 2.15. The average Bonchev–Trinajstić information content (AvgIpc) is 2.67. The zero-order valence-electron chi connectivity index (χ0n) is 17.4. The summed E-state index contributed by atoms with van der Waals surface area (Å²) < 4.78 is 11.5. The smallest absolute Gasteiger partial charge is 0.119 e. The van der Waals surface area contributed by atoms with Crippen LogP contribution in [0.2, 0.25) is 0 Å². The molecule has 0 unspecified atom stereocenters. The van der Waals surface area contributed by atoms with E-state index >= 15 is 0 Å². The van der Waals surface area contributed by atoms with Crippen LogP contribution in [0, 0.1) is 0 Å². The van der Waals surface area contributed by atoms with Crippen molar-refractivity contribution >= 4 is 0 Å². The third-order valence-corrected chi connectivity index (χ3v) is 4.84. The molecule has 26 heavy (non-hydrogen) atoms. The minimum atomic E-state index is 0.827. The molecule has 0 bridgehead atoms. The van der Waals surface area contributed by atoms with Crippen LogP contribution in [0.15, 0.2) is 24.3 Å². The summed E-state index contributed by atoms with van der Waals surface area (Å²) in [4.78, 5) is 0. The van der Waals surface area contributed by atoms with Crippen LogP contribution in [-0.4, -0.2) is 19.8 Å². The molecule has 0 saturated carbocycles. The highest BCUT2D eigenvalue weighted by atomic mass is 16.5. The third kappa shape index (κ3) is 13.2. The summed E-state index contributed by atoms with van der Waals surface area (Å²) in [6.45, 7) is 7.20. The highest BCUT2D eigenvalue weighted by molar-refractivity contribution is 5.27. The van der Waals surface area contributed by atoms with Gasteiger partial charge in [-0.3, -0.25) is 0 Å². The second kappa shape index (κ2) is 17.4. The molecule has 0 fully saturated rings. The van der Waals surface area contributed by atoms with Crippen LogP contribution in [-0.2, 0) is 11.2 Å². The Morgan fingerprint density at radius 1 is 0.577 bits per heavy atom. The first-order valence-corrected chi connectivity index (χ1v) is 11.2. The molecule has 1 rings (SSSR count). The van der Waals surface area contributed by atoms with E-state index < -0.39 is 0 Å².